The number of ether oxygens (including phenoxy) is 2. The van der Waals surface area contributed by atoms with Crippen molar-refractivity contribution in [3.63, 3.8) is 0 Å². The van der Waals surface area contributed by atoms with Crippen molar-refractivity contribution < 1.29 is 19.1 Å². The Labute approximate surface area is 169 Å². The SMILES string of the molecule is COc1cccc(C(=O)N2CCCN(C(=O)c3cc(Cl)ccc3OC)CC2)c1. The number of methoxy groups -OCH3 is 2. The quantitative estimate of drug-likeness (QED) is 0.787. The van der Waals surface area contributed by atoms with Crippen LogP contribution in [0.4, 0.5) is 0 Å². The lowest BCUT2D eigenvalue weighted by Gasteiger charge is -2.23. The van der Waals surface area contributed by atoms with E-state index in [2.05, 4.69) is 0 Å². The van der Waals surface area contributed by atoms with E-state index in [0.717, 1.165) is 0 Å². The minimum absolute atomic E-state index is 0.0615. The van der Waals surface area contributed by atoms with Gasteiger partial charge in [-0.05, 0) is 42.8 Å². The van der Waals surface area contributed by atoms with E-state index < -0.39 is 0 Å². The number of carbonyl (C=O) groups excluding carboxylic acids is 2. The molecular formula is C21H23ClN2O4. The second-order valence-corrected chi connectivity index (χ2v) is 6.95. The fourth-order valence-corrected chi connectivity index (χ4v) is 3.45. The highest BCUT2D eigenvalue weighted by molar-refractivity contribution is 6.31. The van der Waals surface area contributed by atoms with E-state index in [1.807, 2.05) is 0 Å². The fraction of sp³-hybridized carbons (Fsp3) is 0.333. The molecule has 0 N–H and O–H groups in total. The molecule has 1 saturated heterocycles. The third kappa shape index (κ3) is 4.39. The minimum Gasteiger partial charge on any atom is -0.497 e. The van der Waals surface area contributed by atoms with Gasteiger partial charge in [-0.2, -0.15) is 0 Å². The van der Waals surface area contributed by atoms with Gasteiger partial charge in [-0.15, -0.1) is 0 Å². The lowest BCUT2D eigenvalue weighted by atomic mass is 10.1. The van der Waals surface area contributed by atoms with E-state index >= 15 is 0 Å². The van der Waals surface area contributed by atoms with Crippen LogP contribution in [-0.2, 0) is 0 Å². The third-order valence-corrected chi connectivity index (χ3v) is 5.01. The average Bonchev–Trinajstić information content (AvgIpc) is 2.99. The number of rotatable bonds is 4. The summed E-state index contributed by atoms with van der Waals surface area (Å²) in [4.78, 5) is 29.3. The molecule has 0 atom stereocenters. The van der Waals surface area contributed by atoms with Crippen molar-refractivity contribution in [2.75, 3.05) is 40.4 Å². The molecule has 2 aromatic carbocycles. The number of hydrogen-bond donors (Lipinski definition) is 0. The molecule has 0 saturated carbocycles. The number of hydrogen-bond acceptors (Lipinski definition) is 4. The molecule has 2 amide bonds. The molecular weight excluding hydrogens is 380 g/mol. The Balaban J connectivity index is 1.72. The summed E-state index contributed by atoms with van der Waals surface area (Å²) in [5, 5.41) is 0.480. The fourth-order valence-electron chi connectivity index (χ4n) is 3.28. The summed E-state index contributed by atoms with van der Waals surface area (Å²) in [5.74, 6) is 0.928. The van der Waals surface area contributed by atoms with Gasteiger partial charge in [0.05, 0.1) is 19.8 Å². The van der Waals surface area contributed by atoms with Crippen LogP contribution in [0, 0.1) is 0 Å². The second-order valence-electron chi connectivity index (χ2n) is 6.51. The second kappa shape index (κ2) is 8.97. The van der Waals surface area contributed by atoms with Crippen LogP contribution < -0.4 is 9.47 Å². The summed E-state index contributed by atoms with van der Waals surface area (Å²) in [6.07, 6.45) is 0.699. The summed E-state index contributed by atoms with van der Waals surface area (Å²) in [6, 6.07) is 12.1. The summed E-state index contributed by atoms with van der Waals surface area (Å²) in [5.41, 5.74) is 1.01. The molecule has 0 aliphatic carbocycles. The zero-order valence-corrected chi connectivity index (χ0v) is 16.7. The van der Waals surface area contributed by atoms with Crippen molar-refractivity contribution in [3.05, 3.63) is 58.6 Å². The van der Waals surface area contributed by atoms with Crippen LogP contribution in [-0.4, -0.2) is 62.0 Å². The normalized spacial score (nSPS) is 14.4. The molecule has 0 spiro atoms. The van der Waals surface area contributed by atoms with Crippen molar-refractivity contribution in [2.45, 2.75) is 6.42 Å². The van der Waals surface area contributed by atoms with E-state index in [4.69, 9.17) is 21.1 Å². The Morgan fingerprint density at radius 2 is 1.61 bits per heavy atom. The summed E-state index contributed by atoms with van der Waals surface area (Å²) >= 11 is 6.06. The molecule has 6 nitrogen and oxygen atoms in total. The molecule has 1 heterocycles. The van der Waals surface area contributed by atoms with Crippen LogP contribution in [0.15, 0.2) is 42.5 Å². The van der Waals surface area contributed by atoms with Gasteiger partial charge in [0.15, 0.2) is 0 Å². The number of amides is 2. The maximum atomic E-state index is 13.0. The molecule has 0 unspecified atom stereocenters. The maximum absolute atomic E-state index is 13.0. The molecule has 2 aromatic rings. The summed E-state index contributed by atoms with van der Waals surface area (Å²) in [6.45, 7) is 2.07. The Hall–Kier alpha value is -2.73. The van der Waals surface area contributed by atoms with E-state index in [1.54, 1.807) is 59.4 Å². The molecule has 1 aliphatic rings. The van der Waals surface area contributed by atoms with Gasteiger partial charge in [-0.1, -0.05) is 17.7 Å². The monoisotopic (exact) mass is 402 g/mol. The molecule has 1 fully saturated rings. The van der Waals surface area contributed by atoms with Crippen molar-refractivity contribution in [1.29, 1.82) is 0 Å². The van der Waals surface area contributed by atoms with E-state index in [-0.39, 0.29) is 11.8 Å². The van der Waals surface area contributed by atoms with Crippen molar-refractivity contribution in [3.8, 4) is 11.5 Å². The molecule has 148 valence electrons. The predicted octanol–water partition coefficient (Wildman–Crippen LogP) is 3.35. The van der Waals surface area contributed by atoms with Crippen LogP contribution in [0.1, 0.15) is 27.1 Å². The largest absolute Gasteiger partial charge is 0.497 e. The Bertz CT molecular complexity index is 871. The van der Waals surface area contributed by atoms with Crippen LogP contribution in [0.2, 0.25) is 5.02 Å². The molecule has 28 heavy (non-hydrogen) atoms. The molecule has 3 rings (SSSR count). The zero-order valence-electron chi connectivity index (χ0n) is 16.0. The van der Waals surface area contributed by atoms with E-state index in [9.17, 15) is 9.59 Å². The first kappa shape index (κ1) is 20.0. The first-order valence-electron chi connectivity index (χ1n) is 9.09. The van der Waals surface area contributed by atoms with Gasteiger partial charge in [0.2, 0.25) is 0 Å². The zero-order chi connectivity index (χ0) is 20.1. The van der Waals surface area contributed by atoms with Gasteiger partial charge >= 0.3 is 0 Å². The topological polar surface area (TPSA) is 59.1 Å². The van der Waals surface area contributed by atoms with E-state index in [1.165, 1.54) is 7.11 Å². The van der Waals surface area contributed by atoms with Crippen LogP contribution >= 0.6 is 11.6 Å². The van der Waals surface area contributed by atoms with Crippen molar-refractivity contribution in [2.24, 2.45) is 0 Å². The maximum Gasteiger partial charge on any atom is 0.257 e. The molecule has 0 bridgehead atoms. The predicted molar refractivity (Wildman–Crippen MR) is 107 cm³/mol. The Morgan fingerprint density at radius 3 is 2.29 bits per heavy atom. The lowest BCUT2D eigenvalue weighted by molar-refractivity contribution is 0.0716. The van der Waals surface area contributed by atoms with Gasteiger partial charge < -0.3 is 19.3 Å². The molecule has 1 aliphatic heterocycles. The van der Waals surface area contributed by atoms with Gasteiger partial charge in [-0.3, -0.25) is 9.59 Å². The van der Waals surface area contributed by atoms with Gasteiger partial charge in [0, 0.05) is 36.8 Å². The van der Waals surface area contributed by atoms with Crippen LogP contribution in [0.25, 0.3) is 0 Å². The van der Waals surface area contributed by atoms with Crippen LogP contribution in [0.3, 0.4) is 0 Å². The highest BCUT2D eigenvalue weighted by Gasteiger charge is 2.25. The number of nitrogens with zero attached hydrogens (tertiary/aromatic N) is 2. The lowest BCUT2D eigenvalue weighted by Crippen LogP contribution is -2.37. The minimum atomic E-state index is -0.143. The van der Waals surface area contributed by atoms with Crippen LogP contribution in [0.5, 0.6) is 11.5 Å². The summed E-state index contributed by atoms with van der Waals surface area (Å²) in [7, 11) is 3.10. The highest BCUT2D eigenvalue weighted by Crippen LogP contribution is 2.25. The third-order valence-electron chi connectivity index (χ3n) is 4.78. The number of halogens is 1. The van der Waals surface area contributed by atoms with E-state index in [0.29, 0.717) is 60.2 Å². The van der Waals surface area contributed by atoms with Gasteiger partial charge in [0.25, 0.3) is 11.8 Å². The average molecular weight is 403 g/mol. The highest BCUT2D eigenvalue weighted by atomic mass is 35.5. The molecule has 0 aromatic heterocycles. The van der Waals surface area contributed by atoms with Crippen molar-refractivity contribution >= 4 is 23.4 Å². The Morgan fingerprint density at radius 1 is 0.893 bits per heavy atom. The first-order valence-corrected chi connectivity index (χ1v) is 9.47. The number of benzene rings is 2. The van der Waals surface area contributed by atoms with Crippen molar-refractivity contribution in [1.82, 2.24) is 9.80 Å². The Kier molecular flexibility index (Phi) is 6.41. The molecule has 7 heteroatoms. The molecule has 0 radical (unpaired) electrons. The first-order chi connectivity index (χ1) is 13.5. The van der Waals surface area contributed by atoms with Gasteiger partial charge in [0.1, 0.15) is 11.5 Å². The standard InChI is InChI=1S/C21H23ClN2O4/c1-27-17-6-3-5-15(13-17)20(25)23-9-4-10-24(12-11-23)21(26)18-14-16(22)7-8-19(18)28-2/h3,5-8,13-14H,4,9-12H2,1-2H3. The summed E-state index contributed by atoms with van der Waals surface area (Å²) < 4.78 is 10.5. The van der Waals surface area contributed by atoms with Gasteiger partial charge in [-0.25, -0.2) is 0 Å². The number of carbonyl (C=O) groups is 2. The smallest absolute Gasteiger partial charge is 0.257 e.